The molecule has 1 saturated heterocycles. The normalized spacial score (nSPS) is 21.8. The van der Waals surface area contributed by atoms with Crippen LogP contribution in [0.1, 0.15) is 18.4 Å². The van der Waals surface area contributed by atoms with E-state index in [1.165, 1.54) is 19.1 Å². The third-order valence-electron chi connectivity index (χ3n) is 3.84. The lowest BCUT2D eigenvalue weighted by Crippen LogP contribution is -2.38. The maximum Gasteiger partial charge on any atom is 0.310 e. The van der Waals surface area contributed by atoms with Crippen molar-refractivity contribution >= 4 is 5.97 Å². The summed E-state index contributed by atoms with van der Waals surface area (Å²) in [4.78, 5) is 14.3. The molecule has 0 spiro atoms. The van der Waals surface area contributed by atoms with Crippen LogP contribution in [-0.4, -0.2) is 37.6 Å². The van der Waals surface area contributed by atoms with Gasteiger partial charge in [-0.15, -0.1) is 0 Å². The smallest absolute Gasteiger partial charge is 0.310 e. The first-order valence-electron chi connectivity index (χ1n) is 6.54. The average Bonchev–Trinajstić information content (AvgIpc) is 2.82. The van der Waals surface area contributed by atoms with Gasteiger partial charge in [0, 0.05) is 6.04 Å². The van der Waals surface area contributed by atoms with Gasteiger partial charge in [-0.2, -0.15) is 0 Å². The summed E-state index contributed by atoms with van der Waals surface area (Å²) < 4.78 is 4.98. The first-order valence-corrected chi connectivity index (χ1v) is 6.54. The van der Waals surface area contributed by atoms with E-state index >= 15 is 0 Å². The van der Waals surface area contributed by atoms with Crippen molar-refractivity contribution in [1.29, 1.82) is 0 Å². The Morgan fingerprint density at radius 3 is 2.72 bits per heavy atom. The second-order valence-electron chi connectivity index (χ2n) is 5.01. The topological polar surface area (TPSA) is 29.5 Å². The summed E-state index contributed by atoms with van der Waals surface area (Å²) in [5.41, 5.74) is 1.20. The highest BCUT2D eigenvalue weighted by molar-refractivity contribution is 5.73. The molecular formula is C15H21NO2. The van der Waals surface area contributed by atoms with Crippen LogP contribution in [-0.2, 0) is 16.0 Å². The molecule has 1 aromatic rings. The third kappa shape index (κ3) is 2.91. The molecule has 98 valence electrons. The van der Waals surface area contributed by atoms with Gasteiger partial charge in [-0.25, -0.2) is 0 Å². The van der Waals surface area contributed by atoms with E-state index in [4.69, 9.17) is 4.74 Å². The average molecular weight is 247 g/mol. The highest BCUT2D eigenvalue weighted by atomic mass is 16.5. The molecule has 0 saturated carbocycles. The fourth-order valence-electron chi connectivity index (χ4n) is 2.84. The van der Waals surface area contributed by atoms with E-state index in [0.29, 0.717) is 6.04 Å². The molecule has 0 radical (unpaired) electrons. The van der Waals surface area contributed by atoms with Gasteiger partial charge in [0.25, 0.3) is 0 Å². The Morgan fingerprint density at radius 2 is 2.17 bits per heavy atom. The van der Waals surface area contributed by atoms with E-state index in [2.05, 4.69) is 24.1 Å². The molecule has 1 aromatic carbocycles. The van der Waals surface area contributed by atoms with E-state index < -0.39 is 0 Å². The minimum absolute atomic E-state index is 0.0510. The van der Waals surface area contributed by atoms with Crippen molar-refractivity contribution in [1.82, 2.24) is 4.90 Å². The zero-order valence-electron chi connectivity index (χ0n) is 11.1. The van der Waals surface area contributed by atoms with Gasteiger partial charge in [0.2, 0.25) is 0 Å². The molecule has 1 aliphatic rings. The van der Waals surface area contributed by atoms with Crippen molar-refractivity contribution in [2.24, 2.45) is 5.92 Å². The van der Waals surface area contributed by atoms with Crippen LogP contribution in [0, 0.1) is 5.92 Å². The Morgan fingerprint density at radius 1 is 1.44 bits per heavy atom. The molecule has 3 heteroatoms. The van der Waals surface area contributed by atoms with Crippen molar-refractivity contribution in [2.45, 2.75) is 25.3 Å². The molecule has 3 nitrogen and oxygen atoms in total. The van der Waals surface area contributed by atoms with E-state index in [1.807, 2.05) is 18.2 Å². The number of carbonyl (C=O) groups excluding carboxylic acids is 1. The molecule has 1 heterocycles. The summed E-state index contributed by atoms with van der Waals surface area (Å²) in [6.07, 6.45) is 3.02. The molecule has 0 amide bonds. The second kappa shape index (κ2) is 6.01. The molecule has 1 aliphatic heterocycles. The highest BCUT2D eigenvalue weighted by Crippen LogP contribution is 2.26. The molecular weight excluding hydrogens is 226 g/mol. The largest absolute Gasteiger partial charge is 0.469 e. The lowest BCUT2D eigenvalue weighted by Gasteiger charge is -2.27. The number of likely N-dealkylation sites (tertiary alicyclic amines) is 1. The lowest BCUT2D eigenvalue weighted by molar-refractivity contribution is -0.147. The van der Waals surface area contributed by atoms with Gasteiger partial charge in [-0.3, -0.25) is 4.79 Å². The predicted octanol–water partition coefficient (Wildman–Crippen LogP) is 2.11. The van der Waals surface area contributed by atoms with E-state index in [9.17, 15) is 4.79 Å². The minimum atomic E-state index is -0.0856. The summed E-state index contributed by atoms with van der Waals surface area (Å²) in [6.45, 7) is 1.08. The molecule has 2 rings (SSSR count). The number of methoxy groups -OCH3 is 1. The maximum absolute atomic E-state index is 12.0. The lowest BCUT2D eigenvalue weighted by atomic mass is 9.90. The zero-order valence-corrected chi connectivity index (χ0v) is 11.1. The first-order chi connectivity index (χ1) is 8.72. The van der Waals surface area contributed by atoms with Crippen LogP contribution in [0.2, 0.25) is 0 Å². The molecule has 0 N–H and O–H groups in total. The van der Waals surface area contributed by atoms with Crippen LogP contribution >= 0.6 is 0 Å². The second-order valence-corrected chi connectivity index (χ2v) is 5.01. The molecule has 1 fully saturated rings. The van der Waals surface area contributed by atoms with Crippen LogP contribution in [0.15, 0.2) is 30.3 Å². The van der Waals surface area contributed by atoms with Gasteiger partial charge in [0.1, 0.15) is 0 Å². The van der Waals surface area contributed by atoms with Gasteiger partial charge in [0.15, 0.2) is 0 Å². The number of hydrogen-bond acceptors (Lipinski definition) is 3. The summed E-state index contributed by atoms with van der Waals surface area (Å²) in [5.74, 6) is -0.137. The summed E-state index contributed by atoms with van der Waals surface area (Å²) in [5, 5.41) is 0. The third-order valence-corrected chi connectivity index (χ3v) is 3.84. The van der Waals surface area contributed by atoms with Crippen LogP contribution in [0.5, 0.6) is 0 Å². The van der Waals surface area contributed by atoms with Gasteiger partial charge in [-0.05, 0) is 38.4 Å². The Bertz CT molecular complexity index is 391. The Balaban J connectivity index is 2.13. The Hall–Kier alpha value is -1.35. The van der Waals surface area contributed by atoms with Gasteiger partial charge >= 0.3 is 5.97 Å². The van der Waals surface area contributed by atoms with Gasteiger partial charge < -0.3 is 9.64 Å². The highest BCUT2D eigenvalue weighted by Gasteiger charge is 2.34. The predicted molar refractivity (Wildman–Crippen MR) is 71.3 cm³/mol. The molecule has 0 aromatic heterocycles. The van der Waals surface area contributed by atoms with Crippen LogP contribution < -0.4 is 0 Å². The molecule has 0 bridgehead atoms. The number of ether oxygens (including phenoxy) is 1. The quantitative estimate of drug-likeness (QED) is 0.763. The summed E-state index contributed by atoms with van der Waals surface area (Å²) in [7, 11) is 3.58. The fraction of sp³-hybridized carbons (Fsp3) is 0.533. The SMILES string of the molecule is COC(=O)C(Cc1ccccc1)C1CCCN1C. The van der Waals surface area contributed by atoms with E-state index in [1.54, 1.807) is 0 Å². The van der Waals surface area contributed by atoms with Crippen molar-refractivity contribution < 1.29 is 9.53 Å². The van der Waals surface area contributed by atoms with Crippen LogP contribution in [0.4, 0.5) is 0 Å². The van der Waals surface area contributed by atoms with Gasteiger partial charge in [0.05, 0.1) is 13.0 Å². The molecule has 2 unspecified atom stereocenters. The number of esters is 1. The molecule has 2 atom stereocenters. The summed E-state index contributed by atoms with van der Waals surface area (Å²) >= 11 is 0. The minimum Gasteiger partial charge on any atom is -0.469 e. The van der Waals surface area contributed by atoms with E-state index in [0.717, 1.165) is 19.4 Å². The van der Waals surface area contributed by atoms with Crippen molar-refractivity contribution in [3.8, 4) is 0 Å². The van der Waals surface area contributed by atoms with E-state index in [-0.39, 0.29) is 11.9 Å². The first kappa shape index (κ1) is 13.1. The maximum atomic E-state index is 12.0. The van der Waals surface area contributed by atoms with Gasteiger partial charge in [-0.1, -0.05) is 30.3 Å². The number of benzene rings is 1. The Kier molecular flexibility index (Phi) is 4.37. The van der Waals surface area contributed by atoms with Crippen molar-refractivity contribution in [3.05, 3.63) is 35.9 Å². The number of rotatable bonds is 4. The van der Waals surface area contributed by atoms with Crippen LogP contribution in [0.3, 0.4) is 0 Å². The fourth-order valence-corrected chi connectivity index (χ4v) is 2.84. The monoisotopic (exact) mass is 247 g/mol. The van der Waals surface area contributed by atoms with Crippen molar-refractivity contribution in [2.75, 3.05) is 20.7 Å². The van der Waals surface area contributed by atoms with Crippen LogP contribution in [0.25, 0.3) is 0 Å². The number of hydrogen-bond donors (Lipinski definition) is 0. The standard InChI is InChI=1S/C15H21NO2/c1-16-10-6-9-14(16)13(15(17)18-2)11-12-7-4-3-5-8-12/h3-5,7-8,13-14H,6,9-11H2,1-2H3. The molecule has 18 heavy (non-hydrogen) atoms. The zero-order chi connectivity index (χ0) is 13.0. The Labute approximate surface area is 109 Å². The summed E-state index contributed by atoms with van der Waals surface area (Å²) in [6, 6.07) is 10.5. The molecule has 0 aliphatic carbocycles. The number of nitrogens with zero attached hydrogens (tertiary/aromatic N) is 1. The number of carbonyl (C=O) groups is 1. The van der Waals surface area contributed by atoms with Crippen molar-refractivity contribution in [3.63, 3.8) is 0 Å².